The van der Waals surface area contributed by atoms with Crippen LogP contribution in [0.15, 0.2) is 58.3 Å². The summed E-state index contributed by atoms with van der Waals surface area (Å²) in [7, 11) is 0.582. The highest BCUT2D eigenvalue weighted by molar-refractivity contribution is 7.97. The third-order valence-corrected chi connectivity index (χ3v) is 11.6. The summed E-state index contributed by atoms with van der Waals surface area (Å²) in [6, 6.07) is 15.9. The average molecular weight is 577 g/mol. The van der Waals surface area contributed by atoms with Gasteiger partial charge in [0, 0.05) is 21.8 Å². The van der Waals surface area contributed by atoms with Gasteiger partial charge in [-0.25, -0.2) is 0 Å². The number of carbonyl (C=O) groups is 2. The van der Waals surface area contributed by atoms with Gasteiger partial charge >= 0.3 is 11.9 Å². The maximum Gasteiger partial charge on any atom is 0.316 e. The molecule has 6 nitrogen and oxygen atoms in total. The lowest BCUT2D eigenvalue weighted by atomic mass is 9.91. The van der Waals surface area contributed by atoms with Gasteiger partial charge in [0.2, 0.25) is 0 Å². The summed E-state index contributed by atoms with van der Waals surface area (Å²) >= 11 is 0. The fourth-order valence-electron chi connectivity index (χ4n) is 3.69. The first-order valence-electron chi connectivity index (χ1n) is 13.9. The van der Waals surface area contributed by atoms with Crippen LogP contribution in [0.3, 0.4) is 0 Å². The lowest BCUT2D eigenvalue weighted by molar-refractivity contribution is -0.144. The molecule has 2 saturated heterocycles. The Hall–Kier alpha value is -2.00. The van der Waals surface area contributed by atoms with Crippen molar-refractivity contribution in [2.75, 3.05) is 49.4 Å². The largest absolute Gasteiger partial charge is 0.426 e. The summed E-state index contributed by atoms with van der Waals surface area (Å²) in [5.41, 5.74) is -0.429. The first-order valence-corrected chi connectivity index (χ1v) is 17.0. The molecule has 0 bridgehead atoms. The Labute approximate surface area is 239 Å². The van der Waals surface area contributed by atoms with Gasteiger partial charge in [0.15, 0.2) is 9.79 Å². The minimum Gasteiger partial charge on any atom is -0.426 e. The molecule has 39 heavy (non-hydrogen) atoms. The molecular weight excluding hydrogens is 532 g/mol. The summed E-state index contributed by atoms with van der Waals surface area (Å²) in [5.74, 6) is 5.33. The van der Waals surface area contributed by atoms with Crippen molar-refractivity contribution in [3.63, 3.8) is 0 Å². The van der Waals surface area contributed by atoms with Crippen LogP contribution in [0.1, 0.15) is 47.5 Å². The molecule has 2 fully saturated rings. The van der Waals surface area contributed by atoms with Crippen molar-refractivity contribution in [3.05, 3.63) is 48.5 Å². The van der Waals surface area contributed by atoms with Gasteiger partial charge in [-0.2, -0.15) is 0 Å². The molecule has 2 aromatic rings. The van der Waals surface area contributed by atoms with Gasteiger partial charge in [-0.05, 0) is 75.2 Å². The monoisotopic (exact) mass is 576 g/mol. The molecule has 8 heteroatoms. The minimum atomic E-state index is -0.429. The van der Waals surface area contributed by atoms with E-state index in [1.54, 1.807) is 0 Å². The van der Waals surface area contributed by atoms with E-state index < -0.39 is 5.41 Å². The number of benzene rings is 2. The maximum atomic E-state index is 12.0. The van der Waals surface area contributed by atoms with E-state index in [9.17, 15) is 9.59 Å². The van der Waals surface area contributed by atoms with Crippen molar-refractivity contribution in [2.45, 2.75) is 57.3 Å². The Morgan fingerprint density at radius 1 is 0.769 bits per heavy atom. The molecule has 1 atom stereocenters. The SMILES string of the molecule is CCC(C)(C)C(=O)Oc1ccc([S+]2CCOCC2)cc1.CCC(C)C(=O)Oc1ccc([S+]2CCOCC2)cc1. The summed E-state index contributed by atoms with van der Waals surface area (Å²) in [6.45, 7) is 13.1. The summed E-state index contributed by atoms with van der Waals surface area (Å²) in [5, 5.41) is 0. The Morgan fingerprint density at radius 3 is 1.56 bits per heavy atom. The second kappa shape index (κ2) is 15.7. The van der Waals surface area contributed by atoms with Crippen molar-refractivity contribution in [1.82, 2.24) is 0 Å². The molecule has 214 valence electrons. The molecule has 0 radical (unpaired) electrons. The van der Waals surface area contributed by atoms with E-state index in [1.807, 2.05) is 58.9 Å². The zero-order valence-corrected chi connectivity index (χ0v) is 25.7. The molecule has 0 saturated carbocycles. The van der Waals surface area contributed by atoms with E-state index in [0.29, 0.717) is 22.4 Å². The number of hydrogen-bond donors (Lipinski definition) is 0. The number of ether oxygens (including phenoxy) is 4. The summed E-state index contributed by atoms with van der Waals surface area (Å²) in [4.78, 5) is 26.4. The van der Waals surface area contributed by atoms with Crippen LogP contribution in [0, 0.1) is 11.3 Å². The fourth-order valence-corrected chi connectivity index (χ4v) is 7.36. The Kier molecular flexibility index (Phi) is 12.7. The zero-order chi connectivity index (χ0) is 28.3. The van der Waals surface area contributed by atoms with Gasteiger partial charge in [0.25, 0.3) is 0 Å². The second-order valence-corrected chi connectivity index (χ2v) is 14.9. The minimum absolute atomic E-state index is 0.0444. The van der Waals surface area contributed by atoms with Gasteiger partial charge in [-0.15, -0.1) is 0 Å². The molecular formula is C31H44O6S2+2. The van der Waals surface area contributed by atoms with Crippen molar-refractivity contribution in [1.29, 1.82) is 0 Å². The highest BCUT2D eigenvalue weighted by Gasteiger charge is 2.29. The van der Waals surface area contributed by atoms with Gasteiger partial charge in [0.1, 0.15) is 34.5 Å². The van der Waals surface area contributed by atoms with E-state index in [4.69, 9.17) is 18.9 Å². The van der Waals surface area contributed by atoms with Crippen LogP contribution in [-0.2, 0) is 40.9 Å². The quantitative estimate of drug-likeness (QED) is 0.229. The maximum absolute atomic E-state index is 12.0. The van der Waals surface area contributed by atoms with Gasteiger partial charge in [0.05, 0.1) is 37.8 Å². The predicted octanol–water partition coefficient (Wildman–Crippen LogP) is 5.68. The molecule has 0 spiro atoms. The van der Waals surface area contributed by atoms with E-state index >= 15 is 0 Å². The smallest absolute Gasteiger partial charge is 0.316 e. The number of carbonyl (C=O) groups excluding carboxylic acids is 2. The molecule has 0 aromatic heterocycles. The Morgan fingerprint density at radius 2 is 1.18 bits per heavy atom. The topological polar surface area (TPSA) is 71.1 Å². The van der Waals surface area contributed by atoms with Crippen LogP contribution in [0.5, 0.6) is 11.5 Å². The first kappa shape index (κ1) is 31.5. The molecule has 0 aliphatic carbocycles. The highest BCUT2D eigenvalue weighted by atomic mass is 32.2. The Bertz CT molecular complexity index is 1030. The van der Waals surface area contributed by atoms with Crippen molar-refractivity contribution < 1.29 is 28.5 Å². The van der Waals surface area contributed by atoms with Crippen LogP contribution in [0.25, 0.3) is 0 Å². The van der Waals surface area contributed by atoms with E-state index in [2.05, 4.69) is 24.3 Å². The van der Waals surface area contributed by atoms with E-state index in [0.717, 1.165) is 62.3 Å². The second-order valence-electron chi connectivity index (χ2n) is 10.3. The molecule has 4 rings (SSSR count). The van der Waals surface area contributed by atoms with Crippen LogP contribution in [0.4, 0.5) is 0 Å². The summed E-state index contributed by atoms with van der Waals surface area (Å²) in [6.07, 6.45) is 1.58. The molecule has 0 amide bonds. The van der Waals surface area contributed by atoms with Crippen molar-refractivity contribution >= 4 is 33.7 Å². The lowest BCUT2D eigenvalue weighted by Crippen LogP contribution is -2.28. The van der Waals surface area contributed by atoms with Crippen LogP contribution < -0.4 is 9.47 Å². The van der Waals surface area contributed by atoms with Crippen LogP contribution in [-0.4, -0.2) is 61.4 Å². The van der Waals surface area contributed by atoms with Crippen LogP contribution >= 0.6 is 0 Å². The number of esters is 2. The average Bonchev–Trinajstić information content (AvgIpc) is 2.98. The molecule has 2 heterocycles. The first-order chi connectivity index (χ1) is 18.7. The molecule has 1 unspecified atom stereocenters. The zero-order valence-electron chi connectivity index (χ0n) is 24.0. The standard InChI is InChI=1S/C16H23O3S.C15H21O3S/c1-4-16(2,3)15(17)19-13-5-7-14(8-6-13)20-11-9-18-10-12-20;1-3-12(2)15(16)18-13-4-6-14(7-5-13)19-10-8-17-9-11-19/h5-8H,4,9-12H2,1-3H3;4-7,12H,3,8-11H2,1-2H3/q2*+1. The van der Waals surface area contributed by atoms with E-state index in [-0.39, 0.29) is 28.8 Å². The molecule has 2 aliphatic heterocycles. The molecule has 0 N–H and O–H groups in total. The van der Waals surface area contributed by atoms with E-state index in [1.165, 1.54) is 9.79 Å². The number of rotatable bonds is 8. The van der Waals surface area contributed by atoms with Gasteiger partial charge < -0.3 is 18.9 Å². The molecule has 2 aliphatic rings. The Balaban J connectivity index is 0.000000216. The molecule has 2 aromatic carbocycles. The van der Waals surface area contributed by atoms with Crippen LogP contribution in [0.2, 0.25) is 0 Å². The highest BCUT2D eigenvalue weighted by Crippen LogP contribution is 2.26. The number of hydrogen-bond acceptors (Lipinski definition) is 6. The lowest BCUT2D eigenvalue weighted by Gasteiger charge is -2.20. The third-order valence-electron chi connectivity index (χ3n) is 7.09. The van der Waals surface area contributed by atoms with Gasteiger partial charge in [-0.3, -0.25) is 9.59 Å². The normalized spacial score (nSPS) is 17.5. The van der Waals surface area contributed by atoms with Crippen molar-refractivity contribution in [2.24, 2.45) is 11.3 Å². The predicted molar refractivity (Wildman–Crippen MR) is 160 cm³/mol. The van der Waals surface area contributed by atoms with Gasteiger partial charge in [-0.1, -0.05) is 20.8 Å². The fraction of sp³-hybridized carbons (Fsp3) is 0.548. The van der Waals surface area contributed by atoms with Crippen molar-refractivity contribution in [3.8, 4) is 11.5 Å². The third kappa shape index (κ3) is 9.85. The summed E-state index contributed by atoms with van der Waals surface area (Å²) < 4.78 is 21.6.